The molecule has 1 atom stereocenters. The first-order chi connectivity index (χ1) is 16.3. The molecule has 1 unspecified atom stereocenters. The van der Waals surface area contributed by atoms with Gasteiger partial charge in [-0.2, -0.15) is 4.31 Å². The molecule has 34 heavy (non-hydrogen) atoms. The number of nitrogens with zero attached hydrogens (tertiary/aromatic N) is 2. The molecule has 2 heterocycles. The zero-order valence-corrected chi connectivity index (χ0v) is 19.9. The van der Waals surface area contributed by atoms with Crippen LogP contribution in [-0.2, 0) is 14.8 Å². The smallest absolute Gasteiger partial charge is 0.253 e. The van der Waals surface area contributed by atoms with E-state index in [9.17, 15) is 22.4 Å². The number of hydrogen-bond acceptors (Lipinski definition) is 4. The second-order valence-electron chi connectivity index (χ2n) is 8.93. The van der Waals surface area contributed by atoms with Gasteiger partial charge in [0.2, 0.25) is 15.9 Å². The third-order valence-corrected chi connectivity index (χ3v) is 8.41. The summed E-state index contributed by atoms with van der Waals surface area (Å²) in [5.74, 6) is -1.21. The van der Waals surface area contributed by atoms with Crippen LogP contribution in [0.1, 0.15) is 48.9 Å². The Bertz CT molecular complexity index is 1110. The summed E-state index contributed by atoms with van der Waals surface area (Å²) in [4.78, 5) is 27.4. The summed E-state index contributed by atoms with van der Waals surface area (Å²) in [5.41, 5.74) is 0.908. The van der Waals surface area contributed by atoms with Crippen LogP contribution in [0.3, 0.4) is 0 Å². The van der Waals surface area contributed by atoms with Crippen molar-refractivity contribution in [3.63, 3.8) is 0 Å². The topological polar surface area (TPSA) is 86.8 Å². The SMILES string of the molecule is O=C(Nc1ccc(S(=O)(=O)N2CCCCCC2)cc1)C1CCCN(C(=O)c2ccc(F)cc2)C1. The van der Waals surface area contributed by atoms with Gasteiger partial charge in [0.15, 0.2) is 0 Å². The number of halogens is 1. The maximum Gasteiger partial charge on any atom is 0.253 e. The molecule has 0 spiro atoms. The molecule has 2 saturated heterocycles. The van der Waals surface area contributed by atoms with Crippen molar-refractivity contribution in [3.05, 3.63) is 59.9 Å². The Hall–Kier alpha value is -2.78. The Labute approximate surface area is 200 Å². The molecule has 2 aromatic carbocycles. The highest BCUT2D eigenvalue weighted by Crippen LogP contribution is 2.24. The lowest BCUT2D eigenvalue weighted by atomic mass is 9.96. The van der Waals surface area contributed by atoms with Gasteiger partial charge >= 0.3 is 0 Å². The predicted molar refractivity (Wildman–Crippen MR) is 127 cm³/mol. The monoisotopic (exact) mass is 487 g/mol. The second kappa shape index (κ2) is 10.7. The number of benzene rings is 2. The van der Waals surface area contributed by atoms with Crippen molar-refractivity contribution >= 4 is 27.5 Å². The van der Waals surface area contributed by atoms with Crippen LogP contribution in [0.15, 0.2) is 53.4 Å². The Morgan fingerprint density at radius 1 is 0.853 bits per heavy atom. The number of hydrogen-bond donors (Lipinski definition) is 1. The third-order valence-electron chi connectivity index (χ3n) is 6.50. The van der Waals surface area contributed by atoms with E-state index >= 15 is 0 Å². The number of amides is 2. The highest BCUT2D eigenvalue weighted by molar-refractivity contribution is 7.89. The molecule has 9 heteroatoms. The molecule has 0 radical (unpaired) electrons. The molecule has 0 saturated carbocycles. The first kappa shape index (κ1) is 24.3. The summed E-state index contributed by atoms with van der Waals surface area (Å²) in [6.45, 7) is 1.90. The van der Waals surface area contributed by atoms with Gasteiger partial charge in [-0.15, -0.1) is 0 Å². The fourth-order valence-corrected chi connectivity index (χ4v) is 6.05. The van der Waals surface area contributed by atoms with Gasteiger partial charge in [-0.25, -0.2) is 12.8 Å². The summed E-state index contributed by atoms with van der Waals surface area (Å²) < 4.78 is 40.6. The maximum absolute atomic E-state index is 13.2. The molecule has 182 valence electrons. The summed E-state index contributed by atoms with van der Waals surface area (Å²) in [5, 5.41) is 2.85. The third kappa shape index (κ3) is 5.64. The molecular weight excluding hydrogens is 457 g/mol. The van der Waals surface area contributed by atoms with Crippen LogP contribution < -0.4 is 5.32 Å². The highest BCUT2D eigenvalue weighted by atomic mass is 32.2. The van der Waals surface area contributed by atoms with E-state index in [0.29, 0.717) is 43.7 Å². The van der Waals surface area contributed by atoms with Crippen LogP contribution >= 0.6 is 0 Å². The van der Waals surface area contributed by atoms with Gasteiger partial charge in [-0.05, 0) is 74.2 Å². The number of sulfonamides is 1. The van der Waals surface area contributed by atoms with Gasteiger partial charge < -0.3 is 10.2 Å². The summed E-state index contributed by atoms with van der Waals surface area (Å²) >= 11 is 0. The van der Waals surface area contributed by atoms with Crippen molar-refractivity contribution in [2.45, 2.75) is 43.4 Å². The normalized spacial score (nSPS) is 19.9. The van der Waals surface area contributed by atoms with Crippen molar-refractivity contribution in [1.82, 2.24) is 9.21 Å². The standard InChI is InChI=1S/C25H30FN3O4S/c26-21-9-7-19(8-10-21)25(31)28-15-5-6-20(18-28)24(30)27-22-11-13-23(14-12-22)34(32,33)29-16-3-1-2-4-17-29/h7-14,20H,1-6,15-18H2,(H,27,30). The van der Waals surface area contributed by atoms with E-state index in [0.717, 1.165) is 25.7 Å². The van der Waals surface area contributed by atoms with E-state index in [2.05, 4.69) is 5.32 Å². The van der Waals surface area contributed by atoms with Crippen LogP contribution in [-0.4, -0.2) is 55.6 Å². The molecule has 2 aliphatic heterocycles. The van der Waals surface area contributed by atoms with Crippen LogP contribution in [0.4, 0.5) is 10.1 Å². The number of piperidine rings is 1. The van der Waals surface area contributed by atoms with Gasteiger partial charge in [-0.1, -0.05) is 12.8 Å². The molecule has 7 nitrogen and oxygen atoms in total. The van der Waals surface area contributed by atoms with E-state index in [1.165, 1.54) is 36.4 Å². The van der Waals surface area contributed by atoms with E-state index in [1.807, 2.05) is 0 Å². The van der Waals surface area contributed by atoms with Crippen LogP contribution in [0.5, 0.6) is 0 Å². The average Bonchev–Trinajstić information content (AvgIpc) is 3.15. The zero-order chi connectivity index (χ0) is 24.1. The first-order valence-electron chi connectivity index (χ1n) is 11.8. The zero-order valence-electron chi connectivity index (χ0n) is 19.1. The highest BCUT2D eigenvalue weighted by Gasteiger charge is 2.29. The quantitative estimate of drug-likeness (QED) is 0.694. The van der Waals surface area contributed by atoms with E-state index in [1.54, 1.807) is 21.3 Å². The van der Waals surface area contributed by atoms with E-state index < -0.39 is 15.8 Å². The second-order valence-corrected chi connectivity index (χ2v) is 10.9. The van der Waals surface area contributed by atoms with Gasteiger partial charge in [0.1, 0.15) is 5.82 Å². The van der Waals surface area contributed by atoms with Crippen molar-refractivity contribution in [2.75, 3.05) is 31.5 Å². The minimum atomic E-state index is -3.54. The van der Waals surface area contributed by atoms with Gasteiger partial charge in [0, 0.05) is 37.4 Å². The Morgan fingerprint density at radius 2 is 1.50 bits per heavy atom. The fourth-order valence-electron chi connectivity index (χ4n) is 4.54. The molecule has 0 aliphatic carbocycles. The molecule has 2 aromatic rings. The number of carbonyl (C=O) groups excluding carboxylic acids is 2. The summed E-state index contributed by atoms with van der Waals surface area (Å²) in [6.07, 6.45) is 5.18. The minimum absolute atomic E-state index is 0.209. The molecule has 2 fully saturated rings. The van der Waals surface area contributed by atoms with Gasteiger partial charge in [0.25, 0.3) is 5.91 Å². The fraction of sp³-hybridized carbons (Fsp3) is 0.440. The molecule has 2 aliphatic rings. The van der Waals surface area contributed by atoms with Gasteiger partial charge in [0.05, 0.1) is 10.8 Å². The van der Waals surface area contributed by atoms with Crippen molar-refractivity contribution in [2.24, 2.45) is 5.92 Å². The number of nitrogens with one attached hydrogen (secondary N) is 1. The maximum atomic E-state index is 13.2. The predicted octanol–water partition coefficient (Wildman–Crippen LogP) is 3.88. The molecule has 0 bridgehead atoms. The molecule has 0 aromatic heterocycles. The molecular formula is C25H30FN3O4S. The van der Waals surface area contributed by atoms with Crippen LogP contribution in [0.25, 0.3) is 0 Å². The Kier molecular flexibility index (Phi) is 7.63. The lowest BCUT2D eigenvalue weighted by molar-refractivity contribution is -0.121. The van der Waals surface area contributed by atoms with Crippen molar-refractivity contribution < 1.29 is 22.4 Å². The Morgan fingerprint density at radius 3 is 2.15 bits per heavy atom. The summed E-state index contributed by atoms with van der Waals surface area (Å²) in [6, 6.07) is 11.7. The van der Waals surface area contributed by atoms with E-state index in [4.69, 9.17) is 0 Å². The number of likely N-dealkylation sites (tertiary alicyclic amines) is 1. The van der Waals surface area contributed by atoms with Crippen LogP contribution in [0.2, 0.25) is 0 Å². The summed E-state index contributed by atoms with van der Waals surface area (Å²) in [7, 11) is -3.54. The number of rotatable bonds is 5. The number of anilines is 1. The lowest BCUT2D eigenvalue weighted by Crippen LogP contribution is -2.43. The van der Waals surface area contributed by atoms with Crippen molar-refractivity contribution in [1.29, 1.82) is 0 Å². The molecule has 1 N–H and O–H groups in total. The molecule has 2 amide bonds. The largest absolute Gasteiger partial charge is 0.338 e. The Balaban J connectivity index is 1.37. The first-order valence-corrected chi connectivity index (χ1v) is 13.2. The van der Waals surface area contributed by atoms with Gasteiger partial charge in [-0.3, -0.25) is 9.59 Å². The van der Waals surface area contributed by atoms with Crippen LogP contribution in [0, 0.1) is 11.7 Å². The minimum Gasteiger partial charge on any atom is -0.338 e. The number of carbonyl (C=O) groups is 2. The lowest BCUT2D eigenvalue weighted by Gasteiger charge is -2.32. The molecule has 4 rings (SSSR count). The van der Waals surface area contributed by atoms with Crippen molar-refractivity contribution in [3.8, 4) is 0 Å². The average molecular weight is 488 g/mol. The van der Waals surface area contributed by atoms with E-state index in [-0.39, 0.29) is 29.2 Å².